The molecule has 1 aromatic heterocycles. The molecule has 4 heteroatoms. The van der Waals surface area contributed by atoms with Crippen LogP contribution >= 0.6 is 0 Å². The molecule has 2 rings (SSSR count). The number of nitrogens with zero attached hydrogens (tertiary/aromatic N) is 2. The molecule has 1 heterocycles. The lowest BCUT2D eigenvalue weighted by Gasteiger charge is -2.14. The van der Waals surface area contributed by atoms with Gasteiger partial charge in [0.1, 0.15) is 5.75 Å². The fourth-order valence-corrected chi connectivity index (χ4v) is 1.91. The van der Waals surface area contributed by atoms with Crippen LogP contribution in [0.5, 0.6) is 5.75 Å². The first-order valence-corrected chi connectivity index (χ1v) is 6.10. The van der Waals surface area contributed by atoms with Crippen LogP contribution in [0.1, 0.15) is 25.6 Å². The van der Waals surface area contributed by atoms with E-state index < -0.39 is 0 Å². The molecule has 0 radical (unpaired) electrons. The average Bonchev–Trinajstić information content (AvgIpc) is 2.85. The molecule has 1 aromatic carbocycles. The summed E-state index contributed by atoms with van der Waals surface area (Å²) in [7, 11) is 1.68. The lowest BCUT2D eigenvalue weighted by atomic mass is 10.3. The highest BCUT2D eigenvalue weighted by molar-refractivity contribution is 5.56. The van der Waals surface area contributed by atoms with Gasteiger partial charge in [0.2, 0.25) is 0 Å². The number of imidazole rings is 1. The van der Waals surface area contributed by atoms with Crippen LogP contribution < -0.4 is 10.1 Å². The van der Waals surface area contributed by atoms with Gasteiger partial charge in [-0.2, -0.15) is 0 Å². The molecule has 0 amide bonds. The third kappa shape index (κ3) is 2.64. The van der Waals surface area contributed by atoms with E-state index in [2.05, 4.69) is 28.7 Å². The van der Waals surface area contributed by atoms with Crippen LogP contribution in [0.15, 0.2) is 36.8 Å². The summed E-state index contributed by atoms with van der Waals surface area (Å²) in [5.41, 5.74) is 2.16. The zero-order chi connectivity index (χ0) is 13.0. The average molecular weight is 245 g/mol. The Labute approximate surface area is 108 Å². The van der Waals surface area contributed by atoms with Gasteiger partial charge in [-0.3, -0.25) is 0 Å². The Balaban J connectivity index is 2.09. The van der Waals surface area contributed by atoms with E-state index in [-0.39, 0.29) is 0 Å². The predicted octanol–water partition coefficient (Wildman–Crippen LogP) is 3.08. The molecule has 18 heavy (non-hydrogen) atoms. The topological polar surface area (TPSA) is 39.1 Å². The largest absolute Gasteiger partial charge is 0.495 e. The van der Waals surface area contributed by atoms with Crippen molar-refractivity contribution < 1.29 is 4.74 Å². The minimum Gasteiger partial charge on any atom is -0.495 e. The van der Waals surface area contributed by atoms with E-state index in [1.54, 1.807) is 7.11 Å². The maximum absolute atomic E-state index is 5.31. The number of benzene rings is 1. The SMILES string of the molecule is COc1ccccc1NCc1cncn1C(C)C. The second-order valence-corrected chi connectivity index (χ2v) is 4.44. The van der Waals surface area contributed by atoms with Crippen molar-refractivity contribution in [3.05, 3.63) is 42.5 Å². The summed E-state index contributed by atoms with van der Waals surface area (Å²) in [5, 5.41) is 3.38. The van der Waals surface area contributed by atoms with Crippen molar-refractivity contribution in [1.29, 1.82) is 0 Å². The fraction of sp³-hybridized carbons (Fsp3) is 0.357. The number of hydrogen-bond donors (Lipinski definition) is 1. The van der Waals surface area contributed by atoms with Crippen LogP contribution in [0, 0.1) is 0 Å². The molecule has 96 valence electrons. The molecule has 0 bridgehead atoms. The van der Waals surface area contributed by atoms with E-state index >= 15 is 0 Å². The molecule has 0 fully saturated rings. The van der Waals surface area contributed by atoms with Gasteiger partial charge in [0.05, 0.1) is 31.4 Å². The quantitative estimate of drug-likeness (QED) is 0.879. The van der Waals surface area contributed by atoms with E-state index in [0.717, 1.165) is 23.7 Å². The molecule has 0 aliphatic carbocycles. The molecule has 1 N–H and O–H groups in total. The molecule has 4 nitrogen and oxygen atoms in total. The van der Waals surface area contributed by atoms with Crippen LogP contribution in [0.25, 0.3) is 0 Å². The number of aromatic nitrogens is 2. The first-order valence-electron chi connectivity index (χ1n) is 6.10. The summed E-state index contributed by atoms with van der Waals surface area (Å²) in [5.74, 6) is 0.855. The zero-order valence-electron chi connectivity index (χ0n) is 11.1. The smallest absolute Gasteiger partial charge is 0.141 e. The molecule has 0 aliphatic heterocycles. The lowest BCUT2D eigenvalue weighted by Crippen LogP contribution is -2.09. The van der Waals surface area contributed by atoms with E-state index in [0.29, 0.717) is 6.04 Å². The third-order valence-corrected chi connectivity index (χ3v) is 2.87. The minimum atomic E-state index is 0.418. The molecule has 0 saturated heterocycles. The van der Waals surface area contributed by atoms with E-state index in [9.17, 15) is 0 Å². The highest BCUT2D eigenvalue weighted by atomic mass is 16.5. The number of hydrogen-bond acceptors (Lipinski definition) is 3. The minimum absolute atomic E-state index is 0.418. The van der Waals surface area contributed by atoms with Crippen LogP contribution in [-0.4, -0.2) is 16.7 Å². The Bertz CT molecular complexity index is 505. The van der Waals surface area contributed by atoms with Gasteiger partial charge in [0, 0.05) is 12.2 Å². The summed E-state index contributed by atoms with van der Waals surface area (Å²) in [4.78, 5) is 4.19. The van der Waals surface area contributed by atoms with Gasteiger partial charge < -0.3 is 14.6 Å². The van der Waals surface area contributed by atoms with Crippen LogP contribution in [-0.2, 0) is 6.54 Å². The molecular formula is C14H19N3O. The lowest BCUT2D eigenvalue weighted by molar-refractivity contribution is 0.416. The Kier molecular flexibility index (Phi) is 3.87. The maximum Gasteiger partial charge on any atom is 0.141 e. The summed E-state index contributed by atoms with van der Waals surface area (Å²) < 4.78 is 7.46. The van der Waals surface area contributed by atoms with Crippen molar-refractivity contribution >= 4 is 5.69 Å². The standard InChI is InChI=1S/C14H19N3O/c1-11(2)17-10-15-8-12(17)9-16-13-6-4-5-7-14(13)18-3/h4-8,10-11,16H,9H2,1-3H3. The highest BCUT2D eigenvalue weighted by Gasteiger charge is 2.06. The van der Waals surface area contributed by atoms with Crippen LogP contribution in [0.2, 0.25) is 0 Å². The highest BCUT2D eigenvalue weighted by Crippen LogP contribution is 2.23. The Morgan fingerprint density at radius 2 is 2.11 bits per heavy atom. The van der Waals surface area contributed by atoms with Crippen molar-refractivity contribution in [2.24, 2.45) is 0 Å². The van der Waals surface area contributed by atoms with Gasteiger partial charge in [0.15, 0.2) is 0 Å². The van der Waals surface area contributed by atoms with Gasteiger partial charge in [0.25, 0.3) is 0 Å². The normalized spacial score (nSPS) is 10.7. The second-order valence-electron chi connectivity index (χ2n) is 4.44. The molecule has 0 saturated carbocycles. The van der Waals surface area contributed by atoms with Crippen LogP contribution in [0.3, 0.4) is 0 Å². The predicted molar refractivity (Wildman–Crippen MR) is 72.9 cm³/mol. The first kappa shape index (κ1) is 12.5. The zero-order valence-corrected chi connectivity index (χ0v) is 11.1. The van der Waals surface area contributed by atoms with Crippen molar-refractivity contribution in [3.8, 4) is 5.75 Å². The van der Waals surface area contributed by atoms with E-state index in [1.165, 1.54) is 0 Å². The Morgan fingerprint density at radius 3 is 2.83 bits per heavy atom. The molecule has 0 atom stereocenters. The summed E-state index contributed by atoms with van der Waals surface area (Å²) in [6, 6.07) is 8.33. The molecule has 0 unspecified atom stereocenters. The number of rotatable bonds is 5. The number of methoxy groups -OCH3 is 1. The van der Waals surface area contributed by atoms with Gasteiger partial charge in [-0.15, -0.1) is 0 Å². The summed E-state index contributed by atoms with van der Waals surface area (Å²) >= 11 is 0. The molecule has 2 aromatic rings. The van der Waals surface area contributed by atoms with Crippen molar-refractivity contribution in [2.45, 2.75) is 26.4 Å². The van der Waals surface area contributed by atoms with Gasteiger partial charge >= 0.3 is 0 Å². The Hall–Kier alpha value is -1.97. The van der Waals surface area contributed by atoms with Crippen molar-refractivity contribution in [3.63, 3.8) is 0 Å². The number of nitrogens with one attached hydrogen (secondary N) is 1. The summed E-state index contributed by atoms with van der Waals surface area (Å²) in [6.07, 6.45) is 3.76. The van der Waals surface area contributed by atoms with Crippen LogP contribution in [0.4, 0.5) is 5.69 Å². The summed E-state index contributed by atoms with van der Waals surface area (Å²) in [6.45, 7) is 5.03. The molecule has 0 spiro atoms. The van der Waals surface area contributed by atoms with Crippen molar-refractivity contribution in [2.75, 3.05) is 12.4 Å². The van der Waals surface area contributed by atoms with Gasteiger partial charge in [-0.25, -0.2) is 4.98 Å². The van der Waals surface area contributed by atoms with E-state index in [1.807, 2.05) is 36.8 Å². The third-order valence-electron chi connectivity index (χ3n) is 2.87. The number of anilines is 1. The van der Waals surface area contributed by atoms with E-state index in [4.69, 9.17) is 4.74 Å². The second kappa shape index (κ2) is 5.58. The van der Waals surface area contributed by atoms with Gasteiger partial charge in [-0.05, 0) is 26.0 Å². The number of para-hydroxylation sites is 2. The first-order chi connectivity index (χ1) is 8.72. The maximum atomic E-state index is 5.31. The monoisotopic (exact) mass is 245 g/mol. The molecule has 0 aliphatic rings. The molecular weight excluding hydrogens is 226 g/mol. The fourth-order valence-electron chi connectivity index (χ4n) is 1.91. The van der Waals surface area contributed by atoms with Crippen molar-refractivity contribution in [1.82, 2.24) is 9.55 Å². The Morgan fingerprint density at radius 1 is 1.33 bits per heavy atom. The van der Waals surface area contributed by atoms with Gasteiger partial charge in [-0.1, -0.05) is 12.1 Å². The number of ether oxygens (including phenoxy) is 1.